The molecule has 0 aliphatic carbocycles. The zero-order chi connectivity index (χ0) is 15.6. The van der Waals surface area contributed by atoms with Crippen molar-refractivity contribution in [3.05, 3.63) is 61.6 Å². The molecule has 0 atom stereocenters. The van der Waals surface area contributed by atoms with Gasteiger partial charge in [0.2, 0.25) is 5.75 Å². The predicted molar refractivity (Wildman–Crippen MR) is 80.3 cm³/mol. The van der Waals surface area contributed by atoms with E-state index in [0.717, 1.165) is 17.2 Å². The van der Waals surface area contributed by atoms with E-state index < -0.39 is 4.92 Å². The van der Waals surface area contributed by atoms with Gasteiger partial charge in [-0.05, 0) is 30.2 Å². The van der Waals surface area contributed by atoms with E-state index in [9.17, 15) is 10.1 Å². The van der Waals surface area contributed by atoms with Gasteiger partial charge in [0.05, 0.1) is 21.6 Å². The van der Waals surface area contributed by atoms with Crippen LogP contribution in [-0.2, 0) is 6.61 Å². The predicted octanol–water partition coefficient (Wildman–Crippen LogP) is 4.49. The number of nitro benzene ring substituents is 1. The van der Waals surface area contributed by atoms with Crippen molar-refractivity contribution in [3.8, 4) is 11.5 Å². The Morgan fingerprint density at radius 3 is 2.48 bits per heavy atom. The van der Waals surface area contributed by atoms with Gasteiger partial charge in [-0.2, -0.15) is 0 Å². The van der Waals surface area contributed by atoms with Crippen LogP contribution in [0.3, 0.4) is 0 Å². The lowest BCUT2D eigenvalue weighted by Crippen LogP contribution is -1.95. The normalized spacial score (nSPS) is 10.5. The number of aliphatic hydroxyl groups excluding tert-OH is 1. The molecular weight excluding hydrogens is 317 g/mol. The highest BCUT2D eigenvalue weighted by Gasteiger charge is 2.19. The van der Waals surface area contributed by atoms with E-state index in [0.29, 0.717) is 5.75 Å². The van der Waals surface area contributed by atoms with Crippen molar-refractivity contribution in [2.24, 2.45) is 0 Å². The summed E-state index contributed by atoms with van der Waals surface area (Å²) in [5.74, 6) is 0.414. The molecule has 0 aromatic heterocycles. The molecule has 0 amide bonds. The van der Waals surface area contributed by atoms with Crippen LogP contribution in [0.2, 0.25) is 10.0 Å². The van der Waals surface area contributed by atoms with Crippen LogP contribution in [-0.4, -0.2) is 10.0 Å². The second-order valence-corrected chi connectivity index (χ2v) is 5.15. The highest BCUT2D eigenvalue weighted by atomic mass is 35.5. The molecule has 2 rings (SSSR count). The molecule has 0 aliphatic heterocycles. The molecule has 2 aromatic rings. The minimum absolute atomic E-state index is 0.00514. The number of benzene rings is 2. The third kappa shape index (κ3) is 3.44. The number of ether oxygens (including phenoxy) is 1. The van der Waals surface area contributed by atoms with Gasteiger partial charge in [-0.3, -0.25) is 10.1 Å². The molecule has 0 radical (unpaired) electrons. The summed E-state index contributed by atoms with van der Waals surface area (Å²) in [6.07, 6.45) is 0. The van der Waals surface area contributed by atoms with E-state index in [1.807, 2.05) is 6.92 Å². The van der Waals surface area contributed by atoms with Crippen molar-refractivity contribution in [2.75, 3.05) is 0 Å². The molecule has 0 saturated heterocycles. The smallest absolute Gasteiger partial charge is 0.313 e. The van der Waals surface area contributed by atoms with Crippen LogP contribution in [0.5, 0.6) is 11.5 Å². The van der Waals surface area contributed by atoms with E-state index in [1.165, 1.54) is 6.07 Å². The minimum Gasteiger partial charge on any atom is -0.450 e. The Bertz CT molecular complexity index is 704. The van der Waals surface area contributed by atoms with Gasteiger partial charge in [0.25, 0.3) is 0 Å². The molecule has 21 heavy (non-hydrogen) atoms. The lowest BCUT2D eigenvalue weighted by Gasteiger charge is -2.10. The number of aliphatic hydroxyl groups is 1. The van der Waals surface area contributed by atoms with Gasteiger partial charge in [-0.1, -0.05) is 29.3 Å². The quantitative estimate of drug-likeness (QED) is 0.663. The first-order valence-corrected chi connectivity index (χ1v) is 6.69. The number of nitrogens with zero attached hydrogens (tertiary/aromatic N) is 1. The van der Waals surface area contributed by atoms with Gasteiger partial charge < -0.3 is 9.84 Å². The maximum atomic E-state index is 11.0. The van der Waals surface area contributed by atoms with Gasteiger partial charge in [0.15, 0.2) is 0 Å². The van der Waals surface area contributed by atoms with Gasteiger partial charge in [-0.15, -0.1) is 0 Å². The van der Waals surface area contributed by atoms with Crippen LogP contribution in [0, 0.1) is 17.0 Å². The number of aryl methyl sites for hydroxylation is 1. The average Bonchev–Trinajstić information content (AvgIpc) is 2.42. The Morgan fingerprint density at radius 1 is 1.24 bits per heavy atom. The summed E-state index contributed by atoms with van der Waals surface area (Å²) < 4.78 is 5.52. The maximum Gasteiger partial charge on any atom is 0.313 e. The lowest BCUT2D eigenvalue weighted by molar-refractivity contribution is -0.385. The number of rotatable bonds is 4. The summed E-state index contributed by atoms with van der Waals surface area (Å²) in [4.78, 5) is 10.4. The molecule has 0 fully saturated rings. The first kappa shape index (κ1) is 15.6. The van der Waals surface area contributed by atoms with Crippen LogP contribution in [0.25, 0.3) is 0 Å². The average molecular weight is 328 g/mol. The fourth-order valence-corrected chi connectivity index (χ4v) is 2.09. The SMILES string of the molecule is Cc1cc(Oc2cc(Cl)c(Cl)cc2[N+](=O)[O-])ccc1CO. The zero-order valence-corrected chi connectivity index (χ0v) is 12.5. The molecule has 0 aliphatic rings. The minimum atomic E-state index is -0.591. The number of hydrogen-bond acceptors (Lipinski definition) is 4. The third-order valence-electron chi connectivity index (χ3n) is 2.91. The fourth-order valence-electron chi connectivity index (χ4n) is 1.78. The standard InChI is InChI=1S/C14H11Cl2NO4/c1-8-4-10(3-2-9(8)7-18)21-14-6-12(16)11(15)5-13(14)17(19)20/h2-6,18H,7H2,1H3. The van der Waals surface area contributed by atoms with E-state index in [1.54, 1.807) is 18.2 Å². The largest absolute Gasteiger partial charge is 0.450 e. The van der Waals surface area contributed by atoms with Crippen molar-refractivity contribution >= 4 is 28.9 Å². The van der Waals surface area contributed by atoms with E-state index in [-0.39, 0.29) is 28.1 Å². The summed E-state index contributed by atoms with van der Waals surface area (Å²) >= 11 is 11.6. The topological polar surface area (TPSA) is 72.6 Å². The molecule has 5 nitrogen and oxygen atoms in total. The van der Waals surface area contributed by atoms with Gasteiger partial charge in [0.1, 0.15) is 5.75 Å². The Kier molecular flexibility index (Phi) is 4.67. The van der Waals surface area contributed by atoms with Crippen LogP contribution in [0.4, 0.5) is 5.69 Å². The van der Waals surface area contributed by atoms with Crippen molar-refractivity contribution in [2.45, 2.75) is 13.5 Å². The lowest BCUT2D eigenvalue weighted by atomic mass is 10.1. The summed E-state index contributed by atoms with van der Waals surface area (Å²) in [5, 5.41) is 20.4. The molecule has 0 heterocycles. The summed E-state index contributed by atoms with van der Waals surface area (Å²) in [6.45, 7) is 1.72. The fraction of sp³-hybridized carbons (Fsp3) is 0.143. The Hall–Kier alpha value is -1.82. The van der Waals surface area contributed by atoms with Gasteiger partial charge >= 0.3 is 5.69 Å². The van der Waals surface area contributed by atoms with Gasteiger partial charge in [-0.25, -0.2) is 0 Å². The molecule has 0 unspecified atom stereocenters. The highest BCUT2D eigenvalue weighted by molar-refractivity contribution is 6.42. The molecule has 1 N–H and O–H groups in total. The van der Waals surface area contributed by atoms with E-state index in [4.69, 9.17) is 33.0 Å². The molecule has 0 bridgehead atoms. The zero-order valence-electron chi connectivity index (χ0n) is 11.0. The van der Waals surface area contributed by atoms with E-state index >= 15 is 0 Å². The Morgan fingerprint density at radius 2 is 1.90 bits per heavy atom. The van der Waals surface area contributed by atoms with Crippen molar-refractivity contribution in [1.82, 2.24) is 0 Å². The van der Waals surface area contributed by atoms with Crippen LogP contribution >= 0.6 is 23.2 Å². The van der Waals surface area contributed by atoms with Crippen LogP contribution in [0.15, 0.2) is 30.3 Å². The Labute approximate surface area is 130 Å². The van der Waals surface area contributed by atoms with Gasteiger partial charge in [0, 0.05) is 12.1 Å². The molecule has 7 heteroatoms. The maximum absolute atomic E-state index is 11.0. The van der Waals surface area contributed by atoms with Crippen molar-refractivity contribution in [3.63, 3.8) is 0 Å². The van der Waals surface area contributed by atoms with Crippen molar-refractivity contribution in [1.29, 1.82) is 0 Å². The first-order chi connectivity index (χ1) is 9.92. The molecule has 0 saturated carbocycles. The summed E-state index contributed by atoms with van der Waals surface area (Å²) in [6, 6.07) is 7.43. The summed E-state index contributed by atoms with van der Waals surface area (Å²) in [7, 11) is 0. The molecular formula is C14H11Cl2NO4. The monoisotopic (exact) mass is 327 g/mol. The number of nitro groups is 1. The second-order valence-electron chi connectivity index (χ2n) is 4.34. The highest BCUT2D eigenvalue weighted by Crippen LogP contribution is 2.38. The van der Waals surface area contributed by atoms with Crippen LogP contribution < -0.4 is 4.74 Å². The van der Waals surface area contributed by atoms with Crippen molar-refractivity contribution < 1.29 is 14.8 Å². The first-order valence-electron chi connectivity index (χ1n) is 5.94. The number of halogens is 2. The second kappa shape index (κ2) is 6.30. The summed E-state index contributed by atoms with van der Waals surface area (Å²) in [5.41, 5.74) is 1.30. The Balaban J connectivity index is 2.41. The third-order valence-corrected chi connectivity index (χ3v) is 3.63. The van der Waals surface area contributed by atoms with Crippen LogP contribution in [0.1, 0.15) is 11.1 Å². The number of hydrogen-bond donors (Lipinski definition) is 1. The molecule has 0 spiro atoms. The van der Waals surface area contributed by atoms with E-state index in [2.05, 4.69) is 0 Å². The molecule has 110 valence electrons. The molecule has 2 aromatic carbocycles.